The van der Waals surface area contributed by atoms with E-state index in [-0.39, 0.29) is 13.2 Å². The van der Waals surface area contributed by atoms with E-state index in [1.165, 1.54) is 11.1 Å². The van der Waals surface area contributed by atoms with E-state index >= 15 is 0 Å². The van der Waals surface area contributed by atoms with Crippen LogP contribution in [0.15, 0.2) is 24.3 Å². The van der Waals surface area contributed by atoms with Crippen LogP contribution in [0.1, 0.15) is 97.6 Å². The molecule has 2 aromatic carbocycles. The highest BCUT2D eigenvalue weighted by molar-refractivity contribution is 5.50. The maximum Gasteiger partial charge on any atom is 0.122 e. The van der Waals surface area contributed by atoms with E-state index in [0.29, 0.717) is 17.9 Å². The second-order valence-electron chi connectivity index (χ2n) is 9.50. The summed E-state index contributed by atoms with van der Waals surface area (Å²) in [5.74, 6) is 0.654. The van der Waals surface area contributed by atoms with Crippen LogP contribution in [0.4, 0.5) is 0 Å². The second kappa shape index (κ2) is 15.0. The molecule has 0 saturated heterocycles. The number of rotatable bonds is 16. The largest absolute Gasteiger partial charge is 0.507 e. The van der Waals surface area contributed by atoms with Gasteiger partial charge in [-0.25, -0.2) is 0 Å². The fraction of sp³-hybridized carbons (Fsp3) is 0.586. The maximum absolute atomic E-state index is 10.7. The van der Waals surface area contributed by atoms with E-state index in [1.54, 1.807) is 0 Å². The third kappa shape index (κ3) is 9.38. The molecule has 0 aliphatic rings. The maximum atomic E-state index is 10.7. The molecule has 0 bridgehead atoms. The summed E-state index contributed by atoms with van der Waals surface area (Å²) < 4.78 is 0. The van der Waals surface area contributed by atoms with Crippen molar-refractivity contribution in [2.24, 2.45) is 0 Å². The van der Waals surface area contributed by atoms with Gasteiger partial charge in [0.2, 0.25) is 0 Å². The van der Waals surface area contributed by atoms with Crippen molar-refractivity contribution in [1.29, 1.82) is 0 Å². The zero-order valence-electron chi connectivity index (χ0n) is 20.7. The van der Waals surface area contributed by atoms with Gasteiger partial charge < -0.3 is 20.4 Å². The SMILES string of the molecule is Cc1cc(CCCCCCCO)cc(Cc2cc(CCCCCCCO)cc(C)c2O)c1O. The molecule has 0 aliphatic carbocycles. The average molecular weight is 457 g/mol. The standard InChI is InChI=1S/C29H44O4/c1-22-17-24(13-9-5-3-7-11-15-30)19-26(28(22)32)21-27-20-25(18-23(2)29(27)33)14-10-6-4-8-12-16-31/h17-20,30-33H,3-16,21H2,1-2H3. The van der Waals surface area contributed by atoms with Gasteiger partial charge in [0.05, 0.1) is 0 Å². The summed E-state index contributed by atoms with van der Waals surface area (Å²) in [6.45, 7) is 4.45. The molecule has 0 atom stereocenters. The Hall–Kier alpha value is -2.04. The van der Waals surface area contributed by atoms with Crippen LogP contribution in [0.3, 0.4) is 0 Å². The Labute approximate surface area is 200 Å². The number of phenolic OH excluding ortho intramolecular Hbond substituents is 2. The van der Waals surface area contributed by atoms with Crippen molar-refractivity contribution in [1.82, 2.24) is 0 Å². The summed E-state index contributed by atoms with van der Waals surface area (Å²) in [5, 5.41) is 39.2. The highest BCUT2D eigenvalue weighted by Crippen LogP contribution is 2.32. The fourth-order valence-corrected chi connectivity index (χ4v) is 4.57. The zero-order chi connectivity index (χ0) is 24.1. The lowest BCUT2D eigenvalue weighted by Gasteiger charge is -2.15. The van der Waals surface area contributed by atoms with Gasteiger partial charge in [0, 0.05) is 19.6 Å². The summed E-state index contributed by atoms with van der Waals surface area (Å²) in [4.78, 5) is 0. The molecule has 2 rings (SSSR count). The van der Waals surface area contributed by atoms with Crippen LogP contribution in [-0.4, -0.2) is 33.6 Å². The monoisotopic (exact) mass is 456 g/mol. The normalized spacial score (nSPS) is 11.3. The molecule has 4 nitrogen and oxygen atoms in total. The minimum atomic E-state index is 0.276. The Morgan fingerprint density at radius 1 is 0.515 bits per heavy atom. The van der Waals surface area contributed by atoms with Crippen molar-refractivity contribution in [3.05, 3.63) is 57.6 Å². The van der Waals surface area contributed by atoms with E-state index in [2.05, 4.69) is 24.3 Å². The Kier molecular flexibility index (Phi) is 12.3. The number of aliphatic hydroxyl groups is 2. The number of phenols is 2. The molecule has 0 fully saturated rings. The first kappa shape index (κ1) is 27.2. The van der Waals surface area contributed by atoms with Crippen molar-refractivity contribution >= 4 is 0 Å². The molecule has 0 spiro atoms. The third-order valence-electron chi connectivity index (χ3n) is 6.51. The van der Waals surface area contributed by atoms with E-state index in [4.69, 9.17) is 10.2 Å². The van der Waals surface area contributed by atoms with Crippen molar-refractivity contribution in [3.8, 4) is 11.5 Å². The lowest BCUT2D eigenvalue weighted by Crippen LogP contribution is -1.98. The molecule has 0 radical (unpaired) electrons. The van der Waals surface area contributed by atoms with E-state index in [1.807, 2.05) is 13.8 Å². The molecule has 0 aliphatic heterocycles. The molecule has 0 saturated carbocycles. The number of hydrogen-bond donors (Lipinski definition) is 4. The van der Waals surface area contributed by atoms with Gasteiger partial charge in [-0.1, -0.05) is 62.8 Å². The lowest BCUT2D eigenvalue weighted by atomic mass is 9.93. The smallest absolute Gasteiger partial charge is 0.122 e. The summed E-state index contributed by atoms with van der Waals surface area (Å²) >= 11 is 0. The first-order valence-corrected chi connectivity index (χ1v) is 12.8. The Morgan fingerprint density at radius 2 is 0.879 bits per heavy atom. The Bertz CT molecular complexity index is 775. The predicted molar refractivity (Wildman–Crippen MR) is 136 cm³/mol. The van der Waals surface area contributed by atoms with Crippen molar-refractivity contribution in [3.63, 3.8) is 0 Å². The summed E-state index contributed by atoms with van der Waals surface area (Å²) in [6.07, 6.45) is 13.2. The molecule has 0 unspecified atom stereocenters. The second-order valence-corrected chi connectivity index (χ2v) is 9.50. The average Bonchev–Trinajstić information content (AvgIpc) is 2.79. The van der Waals surface area contributed by atoms with Gasteiger partial charge in [-0.05, 0) is 85.8 Å². The van der Waals surface area contributed by atoms with Gasteiger partial charge in [-0.3, -0.25) is 0 Å². The number of hydrogen-bond acceptors (Lipinski definition) is 4. The zero-order valence-corrected chi connectivity index (χ0v) is 20.7. The van der Waals surface area contributed by atoms with Gasteiger partial charge in [-0.15, -0.1) is 0 Å². The minimum absolute atomic E-state index is 0.276. The Balaban J connectivity index is 2.04. The third-order valence-corrected chi connectivity index (χ3v) is 6.51. The van der Waals surface area contributed by atoms with Gasteiger partial charge in [0.15, 0.2) is 0 Å². The van der Waals surface area contributed by atoms with Crippen molar-refractivity contribution in [2.75, 3.05) is 13.2 Å². The molecule has 4 N–H and O–H groups in total. The molecule has 0 heterocycles. The summed E-state index contributed by atoms with van der Waals surface area (Å²) in [5.41, 5.74) is 5.99. The molecule has 184 valence electrons. The first-order chi connectivity index (χ1) is 16.0. The number of aromatic hydroxyl groups is 2. The van der Waals surface area contributed by atoms with Gasteiger partial charge in [0.25, 0.3) is 0 Å². The molecular weight excluding hydrogens is 412 g/mol. The lowest BCUT2D eigenvalue weighted by molar-refractivity contribution is 0.282. The van der Waals surface area contributed by atoms with Gasteiger partial charge in [-0.2, -0.15) is 0 Å². The Morgan fingerprint density at radius 3 is 1.27 bits per heavy atom. The van der Waals surface area contributed by atoms with E-state index in [0.717, 1.165) is 99.3 Å². The van der Waals surface area contributed by atoms with Crippen LogP contribution >= 0.6 is 0 Å². The van der Waals surface area contributed by atoms with Crippen LogP contribution in [0.2, 0.25) is 0 Å². The van der Waals surface area contributed by atoms with Crippen LogP contribution < -0.4 is 0 Å². The van der Waals surface area contributed by atoms with Gasteiger partial charge in [0.1, 0.15) is 11.5 Å². The number of aryl methyl sites for hydroxylation is 4. The van der Waals surface area contributed by atoms with Crippen LogP contribution in [0, 0.1) is 13.8 Å². The van der Waals surface area contributed by atoms with E-state index < -0.39 is 0 Å². The topological polar surface area (TPSA) is 80.9 Å². The van der Waals surface area contributed by atoms with E-state index in [9.17, 15) is 10.2 Å². The van der Waals surface area contributed by atoms with Gasteiger partial charge >= 0.3 is 0 Å². The molecule has 33 heavy (non-hydrogen) atoms. The number of aliphatic hydroxyl groups excluding tert-OH is 2. The molecular formula is C29H44O4. The van der Waals surface area contributed by atoms with Crippen molar-refractivity contribution in [2.45, 2.75) is 97.3 Å². The fourth-order valence-electron chi connectivity index (χ4n) is 4.57. The van der Waals surface area contributed by atoms with Crippen molar-refractivity contribution < 1.29 is 20.4 Å². The molecule has 4 heteroatoms. The molecule has 0 amide bonds. The van der Waals surface area contributed by atoms with Crippen LogP contribution in [-0.2, 0) is 19.3 Å². The molecule has 2 aromatic rings. The number of unbranched alkanes of at least 4 members (excludes halogenated alkanes) is 8. The minimum Gasteiger partial charge on any atom is -0.507 e. The molecule has 0 aromatic heterocycles. The van der Waals surface area contributed by atoms with Crippen LogP contribution in [0.5, 0.6) is 11.5 Å². The predicted octanol–water partition coefficient (Wildman–Crippen LogP) is 6.28. The highest BCUT2D eigenvalue weighted by atomic mass is 16.3. The summed E-state index contributed by atoms with van der Waals surface area (Å²) in [6, 6.07) is 8.34. The summed E-state index contributed by atoms with van der Waals surface area (Å²) in [7, 11) is 0. The first-order valence-electron chi connectivity index (χ1n) is 12.8. The quantitative estimate of drug-likeness (QED) is 0.224. The number of benzene rings is 2. The van der Waals surface area contributed by atoms with Crippen LogP contribution in [0.25, 0.3) is 0 Å². The highest BCUT2D eigenvalue weighted by Gasteiger charge is 2.13.